The van der Waals surface area contributed by atoms with Crippen molar-refractivity contribution in [2.75, 3.05) is 0 Å². The third-order valence-electron chi connectivity index (χ3n) is 3.35. The number of carboxylic acids is 1. The zero-order valence-corrected chi connectivity index (χ0v) is 10.3. The van der Waals surface area contributed by atoms with Gasteiger partial charge in [0.2, 0.25) is 5.95 Å². The van der Waals surface area contributed by atoms with Crippen molar-refractivity contribution in [1.29, 1.82) is 0 Å². The van der Waals surface area contributed by atoms with Crippen molar-refractivity contribution in [3.63, 3.8) is 0 Å². The summed E-state index contributed by atoms with van der Waals surface area (Å²) < 4.78 is 12.9. The van der Waals surface area contributed by atoms with Gasteiger partial charge in [-0.05, 0) is 25.0 Å². The number of carbonyl (C=O) groups excluding carboxylic acids is 1. The van der Waals surface area contributed by atoms with Crippen LogP contribution in [0, 0.1) is 11.9 Å². The maximum atomic E-state index is 12.9. The van der Waals surface area contributed by atoms with Crippen LogP contribution in [0.4, 0.5) is 4.39 Å². The molecule has 0 saturated heterocycles. The Labute approximate surface area is 109 Å². The van der Waals surface area contributed by atoms with Gasteiger partial charge in [-0.3, -0.25) is 9.59 Å². The maximum Gasteiger partial charge on any atom is 0.308 e. The molecular formula is C13H15FN2O3. The first-order chi connectivity index (χ1) is 9.08. The number of carbonyl (C=O) groups is 2. The fourth-order valence-electron chi connectivity index (χ4n) is 2.38. The van der Waals surface area contributed by atoms with Crippen molar-refractivity contribution in [2.45, 2.75) is 31.7 Å². The molecule has 0 spiro atoms. The average molecular weight is 266 g/mol. The predicted octanol–water partition coefficient (Wildman–Crippen LogP) is 1.59. The van der Waals surface area contributed by atoms with Crippen LogP contribution in [0.1, 0.15) is 36.2 Å². The van der Waals surface area contributed by atoms with Crippen LogP contribution < -0.4 is 5.32 Å². The van der Waals surface area contributed by atoms with E-state index in [0.29, 0.717) is 12.8 Å². The number of rotatable bonds is 3. The minimum absolute atomic E-state index is 0.0327. The Morgan fingerprint density at radius 1 is 1.32 bits per heavy atom. The van der Waals surface area contributed by atoms with E-state index < -0.39 is 29.8 Å². The van der Waals surface area contributed by atoms with Gasteiger partial charge in [0.05, 0.1) is 5.92 Å². The zero-order valence-electron chi connectivity index (χ0n) is 10.3. The van der Waals surface area contributed by atoms with Gasteiger partial charge in [-0.2, -0.15) is 4.39 Å². The third kappa shape index (κ3) is 3.27. The first-order valence-corrected chi connectivity index (χ1v) is 6.24. The highest BCUT2D eigenvalue weighted by molar-refractivity contribution is 5.92. The lowest BCUT2D eigenvalue weighted by atomic mass is 9.84. The van der Waals surface area contributed by atoms with Gasteiger partial charge in [0.1, 0.15) is 5.69 Å². The van der Waals surface area contributed by atoms with Gasteiger partial charge in [-0.15, -0.1) is 0 Å². The van der Waals surface area contributed by atoms with Crippen molar-refractivity contribution in [3.05, 3.63) is 29.8 Å². The number of aromatic nitrogens is 1. The summed E-state index contributed by atoms with van der Waals surface area (Å²) in [5, 5.41) is 11.8. The van der Waals surface area contributed by atoms with Crippen LogP contribution >= 0.6 is 0 Å². The normalized spacial score (nSPS) is 22.8. The van der Waals surface area contributed by atoms with E-state index in [0.717, 1.165) is 18.9 Å². The van der Waals surface area contributed by atoms with Gasteiger partial charge in [0, 0.05) is 6.04 Å². The first-order valence-electron chi connectivity index (χ1n) is 6.24. The number of nitrogens with one attached hydrogen (secondary N) is 1. The molecule has 1 aromatic rings. The van der Waals surface area contributed by atoms with Crippen LogP contribution in [0.2, 0.25) is 0 Å². The zero-order chi connectivity index (χ0) is 13.8. The second-order valence-electron chi connectivity index (χ2n) is 4.65. The molecule has 0 aromatic carbocycles. The van der Waals surface area contributed by atoms with Crippen LogP contribution in [-0.4, -0.2) is 28.0 Å². The van der Waals surface area contributed by atoms with Crippen LogP contribution in [0.3, 0.4) is 0 Å². The smallest absolute Gasteiger partial charge is 0.308 e. The summed E-state index contributed by atoms with van der Waals surface area (Å²) in [5.74, 6) is -2.74. The molecule has 1 aromatic heterocycles. The van der Waals surface area contributed by atoms with Gasteiger partial charge in [-0.1, -0.05) is 18.9 Å². The summed E-state index contributed by atoms with van der Waals surface area (Å²) in [5.41, 5.74) is -0.0327. The summed E-state index contributed by atoms with van der Waals surface area (Å²) in [6.07, 6.45) is 2.90. The molecule has 1 heterocycles. The van der Waals surface area contributed by atoms with E-state index in [9.17, 15) is 14.0 Å². The Morgan fingerprint density at radius 2 is 2.05 bits per heavy atom. The molecule has 1 fully saturated rings. The molecule has 6 heteroatoms. The molecule has 0 bridgehead atoms. The molecule has 0 radical (unpaired) electrons. The largest absolute Gasteiger partial charge is 0.481 e. The summed E-state index contributed by atoms with van der Waals surface area (Å²) in [4.78, 5) is 26.5. The quantitative estimate of drug-likeness (QED) is 0.814. The summed E-state index contributed by atoms with van der Waals surface area (Å²) >= 11 is 0. The highest BCUT2D eigenvalue weighted by Gasteiger charge is 2.32. The molecule has 5 nitrogen and oxygen atoms in total. The molecule has 2 N–H and O–H groups in total. The Bertz CT molecular complexity index is 493. The fraction of sp³-hybridized carbons (Fsp3) is 0.462. The van der Waals surface area contributed by atoms with Crippen molar-refractivity contribution in [2.24, 2.45) is 5.92 Å². The van der Waals surface area contributed by atoms with Crippen molar-refractivity contribution < 1.29 is 19.1 Å². The van der Waals surface area contributed by atoms with Crippen molar-refractivity contribution in [3.8, 4) is 0 Å². The Morgan fingerprint density at radius 3 is 2.74 bits per heavy atom. The molecule has 102 valence electrons. The van der Waals surface area contributed by atoms with E-state index in [-0.39, 0.29) is 5.69 Å². The fourth-order valence-corrected chi connectivity index (χ4v) is 2.38. The van der Waals surface area contributed by atoms with Crippen molar-refractivity contribution >= 4 is 11.9 Å². The first kappa shape index (κ1) is 13.5. The Balaban J connectivity index is 2.07. The molecule has 19 heavy (non-hydrogen) atoms. The highest BCUT2D eigenvalue weighted by atomic mass is 19.1. The molecule has 0 aliphatic heterocycles. The number of pyridine rings is 1. The van der Waals surface area contributed by atoms with E-state index in [2.05, 4.69) is 10.3 Å². The van der Waals surface area contributed by atoms with Gasteiger partial charge < -0.3 is 10.4 Å². The van der Waals surface area contributed by atoms with E-state index in [1.54, 1.807) is 0 Å². The van der Waals surface area contributed by atoms with Crippen LogP contribution in [0.25, 0.3) is 0 Å². The predicted molar refractivity (Wildman–Crippen MR) is 65.0 cm³/mol. The molecule has 2 unspecified atom stereocenters. The van der Waals surface area contributed by atoms with Crippen LogP contribution in [-0.2, 0) is 4.79 Å². The summed E-state index contributed by atoms with van der Waals surface area (Å²) in [7, 11) is 0. The van der Waals surface area contributed by atoms with Crippen LogP contribution in [0.15, 0.2) is 18.2 Å². The van der Waals surface area contributed by atoms with E-state index in [4.69, 9.17) is 5.11 Å². The standard InChI is InChI=1S/C13H15FN2O3/c14-11-7-3-6-10(15-11)12(17)16-9-5-2-1-4-8(9)13(18)19/h3,6-9H,1-2,4-5H2,(H,16,17)(H,18,19). The molecule has 1 saturated carbocycles. The number of carboxylic acid groups (broad SMARTS) is 1. The topological polar surface area (TPSA) is 79.3 Å². The third-order valence-corrected chi connectivity index (χ3v) is 3.35. The molecule has 1 amide bonds. The monoisotopic (exact) mass is 266 g/mol. The van der Waals surface area contributed by atoms with Gasteiger partial charge in [0.25, 0.3) is 5.91 Å². The number of nitrogens with zero attached hydrogens (tertiary/aromatic N) is 1. The Hall–Kier alpha value is -1.98. The van der Waals surface area contributed by atoms with E-state index in [1.165, 1.54) is 12.1 Å². The molecular weight excluding hydrogens is 251 g/mol. The minimum atomic E-state index is -0.905. The lowest BCUT2D eigenvalue weighted by molar-refractivity contribution is -0.143. The molecule has 2 atom stereocenters. The van der Waals surface area contributed by atoms with Gasteiger partial charge >= 0.3 is 5.97 Å². The molecule has 1 aliphatic carbocycles. The second kappa shape index (κ2) is 5.77. The lowest BCUT2D eigenvalue weighted by Crippen LogP contribution is -2.45. The molecule has 2 rings (SSSR count). The SMILES string of the molecule is O=C(NC1CCCCC1C(=O)O)c1cccc(F)n1. The number of hydrogen-bond acceptors (Lipinski definition) is 3. The number of aliphatic carboxylic acids is 1. The summed E-state index contributed by atoms with van der Waals surface area (Å²) in [6.45, 7) is 0. The second-order valence-corrected chi connectivity index (χ2v) is 4.65. The number of amides is 1. The van der Waals surface area contributed by atoms with E-state index in [1.807, 2.05) is 0 Å². The van der Waals surface area contributed by atoms with Crippen molar-refractivity contribution in [1.82, 2.24) is 10.3 Å². The Kier molecular flexibility index (Phi) is 4.09. The van der Waals surface area contributed by atoms with E-state index >= 15 is 0 Å². The number of halogens is 1. The number of hydrogen-bond donors (Lipinski definition) is 2. The maximum absolute atomic E-state index is 12.9. The minimum Gasteiger partial charge on any atom is -0.481 e. The average Bonchev–Trinajstić information content (AvgIpc) is 2.39. The van der Waals surface area contributed by atoms with Gasteiger partial charge in [-0.25, -0.2) is 4.98 Å². The molecule has 1 aliphatic rings. The van der Waals surface area contributed by atoms with Crippen LogP contribution in [0.5, 0.6) is 0 Å². The summed E-state index contributed by atoms with van der Waals surface area (Å²) in [6, 6.07) is 3.53. The van der Waals surface area contributed by atoms with Gasteiger partial charge in [0.15, 0.2) is 0 Å². The lowest BCUT2D eigenvalue weighted by Gasteiger charge is -2.29. The highest BCUT2D eigenvalue weighted by Crippen LogP contribution is 2.24.